The summed E-state index contributed by atoms with van der Waals surface area (Å²) in [5.74, 6) is -2.18. The van der Waals surface area contributed by atoms with Crippen LogP contribution in [0.3, 0.4) is 0 Å². The van der Waals surface area contributed by atoms with Gasteiger partial charge in [0, 0.05) is 15.6 Å². The minimum absolute atomic E-state index is 0.0606. The SMILES string of the molecule is CCOC(=O)c1c(-c2ccc(Cl)cc2)noc1NC(=O)CNC(=O)c1ccc(Cl)cc1Cl. The number of anilines is 1. The lowest BCUT2D eigenvalue weighted by molar-refractivity contribution is -0.115. The number of nitrogens with one attached hydrogen (secondary N) is 2. The van der Waals surface area contributed by atoms with Crippen LogP contribution in [0.1, 0.15) is 27.6 Å². The van der Waals surface area contributed by atoms with Gasteiger partial charge in [-0.3, -0.25) is 14.9 Å². The maximum atomic E-state index is 12.5. The molecule has 32 heavy (non-hydrogen) atoms. The van der Waals surface area contributed by atoms with Crippen molar-refractivity contribution in [3.63, 3.8) is 0 Å². The number of carbonyl (C=O) groups is 3. The monoisotopic (exact) mass is 495 g/mol. The molecule has 3 aromatic rings. The van der Waals surface area contributed by atoms with Gasteiger partial charge in [0.15, 0.2) is 5.56 Å². The Labute approximate surface area is 197 Å². The molecule has 0 spiro atoms. The third-order valence-electron chi connectivity index (χ3n) is 4.13. The lowest BCUT2D eigenvalue weighted by atomic mass is 10.1. The van der Waals surface area contributed by atoms with E-state index in [9.17, 15) is 14.4 Å². The Morgan fingerprint density at radius 3 is 2.38 bits per heavy atom. The van der Waals surface area contributed by atoms with Crippen molar-refractivity contribution in [1.82, 2.24) is 10.5 Å². The number of rotatable bonds is 7. The fraction of sp³-hybridized carbons (Fsp3) is 0.143. The molecular weight excluding hydrogens is 481 g/mol. The molecular formula is C21H16Cl3N3O5. The van der Waals surface area contributed by atoms with Crippen molar-refractivity contribution in [1.29, 1.82) is 0 Å². The summed E-state index contributed by atoms with van der Waals surface area (Å²) in [5.41, 5.74) is 0.801. The van der Waals surface area contributed by atoms with Crippen LogP contribution in [0.4, 0.5) is 5.88 Å². The van der Waals surface area contributed by atoms with E-state index in [4.69, 9.17) is 44.1 Å². The van der Waals surface area contributed by atoms with Gasteiger partial charge >= 0.3 is 5.97 Å². The summed E-state index contributed by atoms with van der Waals surface area (Å²) < 4.78 is 10.2. The minimum atomic E-state index is -0.731. The smallest absolute Gasteiger partial charge is 0.346 e. The van der Waals surface area contributed by atoms with Crippen molar-refractivity contribution >= 4 is 58.5 Å². The summed E-state index contributed by atoms with van der Waals surface area (Å²) >= 11 is 17.7. The van der Waals surface area contributed by atoms with Crippen molar-refractivity contribution in [3.05, 3.63) is 68.7 Å². The minimum Gasteiger partial charge on any atom is -0.462 e. The van der Waals surface area contributed by atoms with Crippen molar-refractivity contribution < 1.29 is 23.6 Å². The number of hydrogen-bond donors (Lipinski definition) is 2. The van der Waals surface area contributed by atoms with Gasteiger partial charge in [-0.05, 0) is 37.3 Å². The number of esters is 1. The molecule has 2 amide bonds. The average Bonchev–Trinajstić information content (AvgIpc) is 3.16. The average molecular weight is 497 g/mol. The van der Waals surface area contributed by atoms with E-state index >= 15 is 0 Å². The molecule has 0 bridgehead atoms. The second-order valence-corrected chi connectivity index (χ2v) is 7.60. The van der Waals surface area contributed by atoms with Crippen LogP contribution in [0.5, 0.6) is 0 Å². The Hall–Kier alpha value is -3.07. The normalized spacial score (nSPS) is 10.5. The van der Waals surface area contributed by atoms with Gasteiger partial charge in [-0.15, -0.1) is 0 Å². The summed E-state index contributed by atoms with van der Waals surface area (Å²) in [7, 11) is 0. The van der Waals surface area contributed by atoms with Gasteiger partial charge < -0.3 is 14.6 Å². The molecule has 11 heteroatoms. The van der Waals surface area contributed by atoms with E-state index < -0.39 is 24.3 Å². The zero-order chi connectivity index (χ0) is 23.3. The van der Waals surface area contributed by atoms with Crippen LogP contribution in [-0.2, 0) is 9.53 Å². The largest absolute Gasteiger partial charge is 0.462 e. The zero-order valence-electron chi connectivity index (χ0n) is 16.6. The van der Waals surface area contributed by atoms with Crippen molar-refractivity contribution in [2.24, 2.45) is 0 Å². The lowest BCUT2D eigenvalue weighted by Gasteiger charge is -2.08. The van der Waals surface area contributed by atoms with E-state index in [0.29, 0.717) is 15.6 Å². The second-order valence-electron chi connectivity index (χ2n) is 6.32. The molecule has 0 saturated carbocycles. The number of nitrogens with zero attached hydrogens (tertiary/aromatic N) is 1. The highest BCUT2D eigenvalue weighted by molar-refractivity contribution is 6.36. The van der Waals surface area contributed by atoms with Crippen LogP contribution in [0.25, 0.3) is 11.3 Å². The number of aromatic nitrogens is 1. The third-order valence-corrected chi connectivity index (χ3v) is 4.93. The summed E-state index contributed by atoms with van der Waals surface area (Å²) in [6.07, 6.45) is 0. The first-order chi connectivity index (χ1) is 15.3. The number of carbonyl (C=O) groups excluding carboxylic acids is 3. The third kappa shape index (κ3) is 5.59. The molecule has 1 heterocycles. The molecule has 0 aliphatic heterocycles. The summed E-state index contributed by atoms with van der Waals surface area (Å²) in [5, 5.41) is 9.74. The molecule has 2 aromatic carbocycles. The van der Waals surface area contributed by atoms with Crippen LogP contribution >= 0.6 is 34.8 Å². The van der Waals surface area contributed by atoms with Gasteiger partial charge in [0.25, 0.3) is 5.91 Å². The predicted octanol–water partition coefficient (Wildman–Crippen LogP) is 4.85. The molecule has 0 saturated heterocycles. The van der Waals surface area contributed by atoms with E-state index in [1.807, 2.05) is 0 Å². The molecule has 0 radical (unpaired) electrons. The Kier molecular flexibility index (Phi) is 7.74. The lowest BCUT2D eigenvalue weighted by Crippen LogP contribution is -2.33. The quantitative estimate of drug-likeness (QED) is 0.453. The van der Waals surface area contributed by atoms with Gasteiger partial charge in [0.1, 0.15) is 5.69 Å². The van der Waals surface area contributed by atoms with Gasteiger partial charge in [-0.25, -0.2) is 4.79 Å². The Morgan fingerprint density at radius 1 is 1.03 bits per heavy atom. The predicted molar refractivity (Wildman–Crippen MR) is 120 cm³/mol. The number of benzene rings is 2. The molecule has 0 fully saturated rings. The molecule has 3 rings (SSSR count). The first-order valence-electron chi connectivity index (χ1n) is 9.26. The fourth-order valence-electron chi connectivity index (χ4n) is 2.67. The van der Waals surface area contributed by atoms with Crippen molar-refractivity contribution in [3.8, 4) is 11.3 Å². The Morgan fingerprint density at radius 2 is 1.72 bits per heavy atom. The van der Waals surface area contributed by atoms with E-state index in [2.05, 4.69) is 15.8 Å². The highest BCUT2D eigenvalue weighted by atomic mass is 35.5. The van der Waals surface area contributed by atoms with Gasteiger partial charge in [-0.2, -0.15) is 0 Å². The van der Waals surface area contributed by atoms with Gasteiger partial charge in [0.05, 0.1) is 23.7 Å². The topological polar surface area (TPSA) is 111 Å². The van der Waals surface area contributed by atoms with Crippen LogP contribution in [-0.4, -0.2) is 36.1 Å². The van der Waals surface area contributed by atoms with E-state index in [0.717, 1.165) is 0 Å². The van der Waals surface area contributed by atoms with Crippen molar-refractivity contribution in [2.75, 3.05) is 18.5 Å². The first-order valence-corrected chi connectivity index (χ1v) is 10.4. The fourth-order valence-corrected chi connectivity index (χ4v) is 3.29. The summed E-state index contributed by atoms with van der Waals surface area (Å²) in [6.45, 7) is 1.33. The van der Waals surface area contributed by atoms with E-state index in [-0.39, 0.29) is 34.3 Å². The van der Waals surface area contributed by atoms with Gasteiger partial charge in [0.2, 0.25) is 11.8 Å². The maximum absolute atomic E-state index is 12.5. The Bertz CT molecular complexity index is 1160. The van der Waals surface area contributed by atoms with E-state index in [1.165, 1.54) is 18.2 Å². The number of halogens is 3. The van der Waals surface area contributed by atoms with Crippen LogP contribution in [0, 0.1) is 0 Å². The molecule has 0 unspecified atom stereocenters. The highest BCUT2D eigenvalue weighted by Gasteiger charge is 2.27. The maximum Gasteiger partial charge on any atom is 0.346 e. The molecule has 1 aromatic heterocycles. The van der Waals surface area contributed by atoms with Gasteiger partial charge in [-0.1, -0.05) is 52.1 Å². The van der Waals surface area contributed by atoms with Crippen LogP contribution in [0.15, 0.2) is 47.0 Å². The molecule has 166 valence electrons. The summed E-state index contributed by atoms with van der Waals surface area (Å²) in [4.78, 5) is 37.1. The molecule has 0 aliphatic carbocycles. The standard InChI is InChI=1S/C21H16Cl3N3O5/c1-2-31-21(30)17-18(11-3-5-12(22)6-4-11)27-32-20(17)26-16(28)10-25-19(29)14-8-7-13(23)9-15(14)24/h3-9H,2,10H2,1H3,(H,25,29)(H,26,28). The Balaban J connectivity index is 1.75. The second kappa shape index (κ2) is 10.5. The first kappa shape index (κ1) is 23.6. The zero-order valence-corrected chi connectivity index (χ0v) is 18.8. The molecule has 0 aliphatic rings. The van der Waals surface area contributed by atoms with E-state index in [1.54, 1.807) is 31.2 Å². The highest BCUT2D eigenvalue weighted by Crippen LogP contribution is 2.30. The van der Waals surface area contributed by atoms with Crippen molar-refractivity contribution in [2.45, 2.75) is 6.92 Å². The number of ether oxygens (including phenoxy) is 1. The summed E-state index contributed by atoms with van der Waals surface area (Å²) in [6, 6.07) is 10.9. The number of amides is 2. The van der Waals surface area contributed by atoms with Crippen LogP contribution in [0.2, 0.25) is 15.1 Å². The molecule has 0 atom stereocenters. The molecule has 8 nitrogen and oxygen atoms in total. The van der Waals surface area contributed by atoms with Crippen LogP contribution < -0.4 is 10.6 Å². The molecule has 2 N–H and O–H groups in total. The number of hydrogen-bond acceptors (Lipinski definition) is 6.